The van der Waals surface area contributed by atoms with Gasteiger partial charge in [0.05, 0.1) is 0 Å². The molecule has 3 atom stereocenters. The zero-order valence-electron chi connectivity index (χ0n) is 37.5. The molecule has 2 aromatic rings. The van der Waals surface area contributed by atoms with Crippen molar-refractivity contribution < 1.29 is 23.6 Å². The predicted octanol–water partition coefficient (Wildman–Crippen LogP) is 11.6. The van der Waals surface area contributed by atoms with Crippen molar-refractivity contribution in [1.29, 1.82) is 0 Å². The van der Waals surface area contributed by atoms with Crippen LogP contribution in [0, 0.1) is 0 Å². The van der Waals surface area contributed by atoms with Gasteiger partial charge in [-0.25, -0.2) is 4.99 Å². The van der Waals surface area contributed by atoms with Crippen molar-refractivity contribution in [2.45, 2.75) is 197 Å². The smallest absolute Gasteiger partial charge is 0.661 e. The van der Waals surface area contributed by atoms with Gasteiger partial charge < -0.3 is 23.9 Å². The molecule has 4 rings (SSSR count). The van der Waals surface area contributed by atoms with E-state index in [-0.39, 0.29) is 46.5 Å². The van der Waals surface area contributed by atoms with Gasteiger partial charge in [-0.05, 0) is 84.1 Å². The van der Waals surface area contributed by atoms with Crippen LogP contribution in [0.4, 0.5) is 11.4 Å². The molecule has 54 heavy (non-hydrogen) atoms. The van der Waals surface area contributed by atoms with E-state index in [1.807, 2.05) is 0 Å². The van der Waals surface area contributed by atoms with Crippen LogP contribution in [0.5, 0.6) is 0 Å². The first-order chi connectivity index (χ1) is 24.6. The van der Waals surface area contributed by atoms with Gasteiger partial charge in [0, 0.05) is 41.5 Å². The molecule has 2 heterocycles. The molecule has 1 N–H and O–H groups in total. The second-order valence-electron chi connectivity index (χ2n) is 18.4. The van der Waals surface area contributed by atoms with Gasteiger partial charge in [-0.15, -0.1) is 12.0 Å². The SMILES string of the molecule is CC(/C=C(/C)[N-]c1c(C(C)C)cccc1C(C)C)=[NH+]c1c(C(C)C)cccc1C(C)C.CCCC[B@-]1(B2O[C@H](C)CC(C)(C)O2)O[C@H](C)CC(C)(C)O1.[Mg+2]. The molecule has 0 bridgehead atoms. The number of para-hydroxylation sites is 2. The third-order valence-electron chi connectivity index (χ3n) is 10.5. The number of nitrogens with one attached hydrogen (secondary N) is 1. The van der Waals surface area contributed by atoms with E-state index >= 15 is 0 Å². The first-order valence-electron chi connectivity index (χ1n) is 20.7. The number of hydrogen-bond donors (Lipinski definition) is 1. The quantitative estimate of drug-likeness (QED) is 0.173. The second kappa shape index (κ2) is 20.7. The van der Waals surface area contributed by atoms with Crippen LogP contribution in [0.15, 0.2) is 48.2 Å². The summed E-state index contributed by atoms with van der Waals surface area (Å²) in [6, 6.07) is 13.2. The number of benzene rings is 2. The summed E-state index contributed by atoms with van der Waals surface area (Å²) in [5, 5.41) is 5.10. The molecule has 2 saturated heterocycles. The molecule has 0 spiro atoms. The summed E-state index contributed by atoms with van der Waals surface area (Å²) in [5.74, 6) is 1.82. The van der Waals surface area contributed by atoms with Crippen LogP contribution in [-0.2, 0) is 18.6 Å². The molecule has 296 valence electrons. The van der Waals surface area contributed by atoms with Gasteiger partial charge in [-0.2, -0.15) is 5.70 Å². The van der Waals surface area contributed by atoms with Gasteiger partial charge in [-0.1, -0.05) is 130 Å². The Morgan fingerprint density at radius 1 is 0.815 bits per heavy atom. The topological polar surface area (TPSA) is 65.0 Å². The van der Waals surface area contributed by atoms with E-state index in [0.29, 0.717) is 23.7 Å². The van der Waals surface area contributed by atoms with E-state index in [9.17, 15) is 0 Å². The van der Waals surface area contributed by atoms with Crippen molar-refractivity contribution >= 4 is 53.6 Å². The Kier molecular flexibility index (Phi) is 18.6. The first-order valence-corrected chi connectivity index (χ1v) is 20.7. The van der Waals surface area contributed by atoms with Crippen LogP contribution in [-0.4, -0.2) is 65.6 Å². The van der Waals surface area contributed by atoms with E-state index in [1.54, 1.807) is 0 Å². The molecule has 0 aliphatic carbocycles. The van der Waals surface area contributed by atoms with E-state index < -0.39 is 13.5 Å². The fraction of sp³-hybridized carbons (Fsp3) is 0.667. The summed E-state index contributed by atoms with van der Waals surface area (Å²) in [6.45, 7) is 37.2. The summed E-state index contributed by atoms with van der Waals surface area (Å²) in [7, 11) is -0.410. The Balaban J connectivity index is 0.000000387. The van der Waals surface area contributed by atoms with Crippen molar-refractivity contribution in [1.82, 2.24) is 0 Å². The maximum atomic E-state index is 6.51. The fourth-order valence-electron chi connectivity index (χ4n) is 8.30. The van der Waals surface area contributed by atoms with Crippen molar-refractivity contribution in [2.75, 3.05) is 0 Å². The van der Waals surface area contributed by atoms with Crippen LogP contribution < -0.4 is 4.99 Å². The summed E-state index contributed by atoms with van der Waals surface area (Å²) in [5.41, 5.74) is 9.47. The molecule has 2 aromatic carbocycles. The molecular formula is C45H75B2MgN2O4+. The Morgan fingerprint density at radius 2 is 1.30 bits per heavy atom. The molecular weight excluding hydrogens is 678 g/mol. The number of hydrogen-bond acceptors (Lipinski definition) is 4. The molecule has 9 heteroatoms. The van der Waals surface area contributed by atoms with Crippen molar-refractivity contribution in [2.24, 2.45) is 0 Å². The average Bonchev–Trinajstić information content (AvgIpc) is 3.01. The van der Waals surface area contributed by atoms with Crippen LogP contribution in [0.25, 0.3) is 5.32 Å². The molecule has 0 radical (unpaired) electrons. The second-order valence-corrected chi connectivity index (χ2v) is 18.4. The van der Waals surface area contributed by atoms with Gasteiger partial charge >= 0.3 is 30.1 Å². The largest absolute Gasteiger partial charge is 2.00 e. The van der Waals surface area contributed by atoms with E-state index in [4.69, 9.17) is 23.9 Å². The zero-order chi connectivity index (χ0) is 39.9. The van der Waals surface area contributed by atoms with Gasteiger partial charge in [0.15, 0.2) is 5.71 Å². The summed E-state index contributed by atoms with van der Waals surface area (Å²) in [6.07, 6.45) is 5.69. The van der Waals surface area contributed by atoms with Gasteiger partial charge in [0.25, 0.3) is 6.44 Å². The third-order valence-corrected chi connectivity index (χ3v) is 10.5. The Labute approximate surface area is 348 Å². The molecule has 0 unspecified atom stereocenters. The van der Waals surface area contributed by atoms with E-state index in [2.05, 4.69) is 165 Å². The number of rotatable bonds is 12. The summed E-state index contributed by atoms with van der Waals surface area (Å²) in [4.78, 5) is 3.71. The summed E-state index contributed by atoms with van der Waals surface area (Å²) < 4.78 is 25.3. The Morgan fingerprint density at radius 3 is 1.74 bits per heavy atom. The minimum absolute atomic E-state index is 0. The molecule has 2 aliphatic rings. The first kappa shape index (κ1) is 48.5. The van der Waals surface area contributed by atoms with Crippen LogP contribution >= 0.6 is 0 Å². The van der Waals surface area contributed by atoms with Crippen LogP contribution in [0.3, 0.4) is 0 Å². The third kappa shape index (κ3) is 13.5. The minimum atomic E-state index is -1.60. The van der Waals surface area contributed by atoms with E-state index in [0.717, 1.165) is 49.1 Å². The number of nitrogens with zero attached hydrogens (tertiary/aromatic N) is 1. The number of unbranched alkanes of at least 4 members (excludes halogenated alkanes) is 1. The molecule has 6 nitrogen and oxygen atoms in total. The van der Waals surface area contributed by atoms with Crippen LogP contribution in [0.2, 0.25) is 6.32 Å². The zero-order valence-corrected chi connectivity index (χ0v) is 38.9. The minimum Gasteiger partial charge on any atom is -0.661 e. The van der Waals surface area contributed by atoms with Crippen molar-refractivity contribution in [3.8, 4) is 0 Å². The van der Waals surface area contributed by atoms with E-state index in [1.165, 1.54) is 27.9 Å². The Hall–Kier alpha value is -1.61. The maximum Gasteiger partial charge on any atom is 2.00 e. The fourth-order valence-corrected chi connectivity index (χ4v) is 8.30. The monoisotopic (exact) mass is 754 g/mol. The Bertz CT molecular complexity index is 1500. The van der Waals surface area contributed by atoms with Gasteiger partial charge in [0.1, 0.15) is 0 Å². The van der Waals surface area contributed by atoms with Gasteiger partial charge in [-0.3, -0.25) is 0 Å². The normalized spacial score (nSPS) is 23.0. The van der Waals surface area contributed by atoms with Crippen molar-refractivity contribution in [3.05, 3.63) is 75.7 Å². The molecule has 0 amide bonds. The standard InChI is InChI=1S/C29H41N2.C16H33B2O4.Mg/c1-18(2)24-13-11-14-25(19(3)4)28(24)30-22(9)17-23(10)31-29-26(20(5)6)15-12-16-27(29)21(7)8;1-8-9-10-18(20-14(3)12-16(6,7)22-18)17-19-13(2)11-15(4,5)21-17;/h11-21H,1-10H3;13-14H,8-12H2,1-7H3;/q2*-1;+2/p+1/b22-17-,31-23?;;/t;13-,14-,18+;/m.1./s1. The van der Waals surface area contributed by atoms with Crippen molar-refractivity contribution in [3.63, 3.8) is 0 Å². The van der Waals surface area contributed by atoms with Gasteiger partial charge in [0.2, 0.25) is 5.69 Å². The molecule has 0 saturated carbocycles. The molecule has 2 fully saturated rings. The molecule has 0 aromatic heterocycles. The number of allylic oxidation sites excluding steroid dienone is 2. The molecule has 2 aliphatic heterocycles. The predicted molar refractivity (Wildman–Crippen MR) is 235 cm³/mol. The average molecular weight is 754 g/mol. The summed E-state index contributed by atoms with van der Waals surface area (Å²) >= 11 is 0. The van der Waals surface area contributed by atoms with Crippen LogP contribution in [0.1, 0.15) is 189 Å². The maximum absolute atomic E-state index is 6.51.